The van der Waals surface area contributed by atoms with Crippen molar-refractivity contribution in [2.45, 2.75) is 56.9 Å². The number of fused-ring (bicyclic) bond motifs is 1. The maximum atomic E-state index is 6.99. The maximum absolute atomic E-state index is 6.99. The Morgan fingerprint density at radius 2 is 1.81 bits per heavy atom. The average Bonchev–Trinajstić information content (AvgIpc) is 2.47. The van der Waals surface area contributed by atoms with Crippen LogP contribution in [0.2, 0.25) is 0 Å². The summed E-state index contributed by atoms with van der Waals surface area (Å²) in [6, 6.07) is 0. The van der Waals surface area contributed by atoms with E-state index in [0.29, 0.717) is 11.9 Å². The van der Waals surface area contributed by atoms with Gasteiger partial charge in [0.15, 0.2) is 0 Å². The molecule has 1 aromatic rings. The lowest BCUT2D eigenvalue weighted by atomic mass is 9.66. The van der Waals surface area contributed by atoms with E-state index in [4.69, 9.17) is 11.5 Å². The van der Waals surface area contributed by atoms with Gasteiger partial charge in [-0.15, -0.1) is 0 Å². The molecule has 0 bridgehead atoms. The summed E-state index contributed by atoms with van der Waals surface area (Å²) in [4.78, 5) is 11.0. The minimum atomic E-state index is -0.276. The van der Waals surface area contributed by atoms with Crippen molar-refractivity contribution in [2.75, 3.05) is 24.7 Å². The molecule has 0 aromatic carbocycles. The van der Waals surface area contributed by atoms with E-state index in [-0.39, 0.29) is 5.54 Å². The van der Waals surface area contributed by atoms with Crippen LogP contribution >= 0.6 is 0 Å². The third-order valence-corrected chi connectivity index (χ3v) is 5.21. The Kier molecular flexibility index (Phi) is 3.78. The fourth-order valence-corrected chi connectivity index (χ4v) is 4.19. The van der Waals surface area contributed by atoms with Crippen LogP contribution in [0.15, 0.2) is 0 Å². The highest BCUT2D eigenvalue weighted by atomic mass is 15.2. The Morgan fingerprint density at radius 1 is 1.10 bits per heavy atom. The minimum Gasteiger partial charge on any atom is -0.368 e. The number of nitrogen functional groups attached to an aromatic ring is 1. The lowest BCUT2D eigenvalue weighted by molar-refractivity contribution is 0.181. The van der Waals surface area contributed by atoms with Crippen LogP contribution in [0.1, 0.15) is 56.2 Å². The highest BCUT2D eigenvalue weighted by molar-refractivity contribution is 5.55. The molecule has 3 rings (SSSR count). The largest absolute Gasteiger partial charge is 0.368 e. The lowest BCUT2D eigenvalue weighted by Crippen LogP contribution is -2.48. The summed E-state index contributed by atoms with van der Waals surface area (Å²) in [6.45, 7) is 0. The number of hydrogen-bond donors (Lipinski definition) is 2. The van der Waals surface area contributed by atoms with Crippen molar-refractivity contribution in [2.24, 2.45) is 11.7 Å². The number of nitrogens with zero attached hydrogens (tertiary/aromatic N) is 3. The third-order valence-electron chi connectivity index (χ3n) is 5.21. The van der Waals surface area contributed by atoms with Gasteiger partial charge in [0.05, 0.1) is 5.69 Å². The van der Waals surface area contributed by atoms with Crippen LogP contribution in [0, 0.1) is 5.92 Å². The molecule has 2 aliphatic rings. The van der Waals surface area contributed by atoms with E-state index in [1.165, 1.54) is 37.7 Å². The second kappa shape index (κ2) is 5.44. The van der Waals surface area contributed by atoms with Crippen LogP contribution in [0.5, 0.6) is 0 Å². The molecular weight excluding hydrogens is 262 g/mol. The van der Waals surface area contributed by atoms with Crippen LogP contribution < -0.4 is 16.4 Å². The predicted octanol–water partition coefficient (Wildman–Crippen LogP) is 2.20. The molecule has 1 unspecified atom stereocenters. The first kappa shape index (κ1) is 14.6. The van der Waals surface area contributed by atoms with E-state index in [1.54, 1.807) is 0 Å². The Labute approximate surface area is 127 Å². The molecule has 5 nitrogen and oxygen atoms in total. The Bertz CT molecular complexity index is 522. The normalized spacial score (nSPS) is 26.4. The van der Waals surface area contributed by atoms with Gasteiger partial charge in [-0.1, -0.05) is 19.3 Å². The number of hydrogen-bond acceptors (Lipinski definition) is 5. The summed E-state index contributed by atoms with van der Waals surface area (Å²) in [5.74, 6) is 1.84. The molecule has 1 aromatic heterocycles. The topological polar surface area (TPSA) is 81.1 Å². The fraction of sp³-hybridized carbons (Fsp3) is 0.750. The summed E-state index contributed by atoms with van der Waals surface area (Å²) in [5, 5.41) is 0. The van der Waals surface area contributed by atoms with Gasteiger partial charge in [-0.05, 0) is 38.0 Å². The van der Waals surface area contributed by atoms with Gasteiger partial charge in [0.1, 0.15) is 5.82 Å². The minimum absolute atomic E-state index is 0.276. The van der Waals surface area contributed by atoms with Gasteiger partial charge in [0.25, 0.3) is 0 Å². The summed E-state index contributed by atoms with van der Waals surface area (Å²) in [6.07, 6.45) is 9.51. The van der Waals surface area contributed by atoms with E-state index in [2.05, 4.69) is 9.97 Å². The first-order valence-corrected chi connectivity index (χ1v) is 8.15. The second-order valence-electron chi connectivity index (χ2n) is 6.85. The van der Waals surface area contributed by atoms with Gasteiger partial charge in [0, 0.05) is 25.2 Å². The number of aromatic nitrogens is 2. The van der Waals surface area contributed by atoms with Crippen molar-refractivity contribution in [1.29, 1.82) is 0 Å². The van der Waals surface area contributed by atoms with Crippen LogP contribution in [-0.2, 0) is 12.0 Å². The number of aryl methyl sites for hydroxylation is 1. The summed E-state index contributed by atoms with van der Waals surface area (Å²) in [7, 11) is 4.02. The third kappa shape index (κ3) is 2.48. The smallest absolute Gasteiger partial charge is 0.222 e. The molecule has 1 fully saturated rings. The predicted molar refractivity (Wildman–Crippen MR) is 86.1 cm³/mol. The van der Waals surface area contributed by atoms with E-state index >= 15 is 0 Å². The molecule has 21 heavy (non-hydrogen) atoms. The number of rotatable bonds is 2. The first-order valence-electron chi connectivity index (χ1n) is 8.15. The summed E-state index contributed by atoms with van der Waals surface area (Å²) in [5.41, 5.74) is 14.8. The SMILES string of the molecule is CN(C)c1nc(N)nc2c1C(N)(C1CCCCC1)CCC2. The molecule has 0 radical (unpaired) electrons. The molecule has 2 aliphatic carbocycles. The molecule has 1 saturated carbocycles. The molecule has 0 aliphatic heterocycles. The second-order valence-corrected chi connectivity index (χ2v) is 6.85. The van der Waals surface area contributed by atoms with Gasteiger partial charge < -0.3 is 16.4 Å². The highest BCUT2D eigenvalue weighted by Crippen LogP contribution is 2.46. The molecule has 0 saturated heterocycles. The molecule has 4 N–H and O–H groups in total. The average molecular weight is 289 g/mol. The Morgan fingerprint density at radius 3 is 2.48 bits per heavy atom. The molecule has 1 heterocycles. The highest BCUT2D eigenvalue weighted by Gasteiger charge is 2.43. The van der Waals surface area contributed by atoms with E-state index in [1.807, 2.05) is 19.0 Å². The lowest BCUT2D eigenvalue weighted by Gasteiger charge is -2.44. The fourth-order valence-electron chi connectivity index (χ4n) is 4.19. The number of anilines is 2. The standard InChI is InChI=1S/C16H27N5/c1-21(2)14-13-12(19-15(17)20-14)9-6-10-16(13,18)11-7-4-3-5-8-11/h11H,3-10,18H2,1-2H3,(H2,17,19,20). The van der Waals surface area contributed by atoms with Crippen LogP contribution in [0.25, 0.3) is 0 Å². The quantitative estimate of drug-likeness (QED) is 0.872. The zero-order chi connectivity index (χ0) is 15.0. The van der Waals surface area contributed by atoms with Gasteiger partial charge in [-0.3, -0.25) is 0 Å². The number of nitrogens with two attached hydrogens (primary N) is 2. The Hall–Kier alpha value is -1.36. The summed E-state index contributed by atoms with van der Waals surface area (Å²) < 4.78 is 0. The molecule has 0 spiro atoms. The first-order chi connectivity index (χ1) is 10.0. The van der Waals surface area contributed by atoms with E-state index in [0.717, 1.165) is 30.8 Å². The maximum Gasteiger partial charge on any atom is 0.222 e. The van der Waals surface area contributed by atoms with Crippen molar-refractivity contribution in [3.05, 3.63) is 11.3 Å². The molecule has 0 amide bonds. The van der Waals surface area contributed by atoms with Gasteiger partial charge in [-0.25, -0.2) is 4.98 Å². The molecule has 116 valence electrons. The summed E-state index contributed by atoms with van der Waals surface area (Å²) >= 11 is 0. The van der Waals surface area contributed by atoms with Gasteiger partial charge in [-0.2, -0.15) is 4.98 Å². The van der Waals surface area contributed by atoms with Gasteiger partial charge in [0.2, 0.25) is 5.95 Å². The van der Waals surface area contributed by atoms with Crippen LogP contribution in [0.3, 0.4) is 0 Å². The zero-order valence-electron chi connectivity index (χ0n) is 13.2. The van der Waals surface area contributed by atoms with Gasteiger partial charge >= 0.3 is 0 Å². The molecule has 5 heteroatoms. The van der Waals surface area contributed by atoms with Crippen molar-refractivity contribution in [1.82, 2.24) is 9.97 Å². The van der Waals surface area contributed by atoms with Crippen molar-refractivity contribution >= 4 is 11.8 Å². The Balaban J connectivity index is 2.11. The van der Waals surface area contributed by atoms with Crippen LogP contribution in [-0.4, -0.2) is 24.1 Å². The molecule has 1 atom stereocenters. The monoisotopic (exact) mass is 289 g/mol. The molecular formula is C16H27N5. The van der Waals surface area contributed by atoms with Crippen molar-refractivity contribution < 1.29 is 0 Å². The van der Waals surface area contributed by atoms with Crippen LogP contribution in [0.4, 0.5) is 11.8 Å². The van der Waals surface area contributed by atoms with Crippen molar-refractivity contribution in [3.63, 3.8) is 0 Å². The van der Waals surface area contributed by atoms with E-state index < -0.39 is 0 Å². The van der Waals surface area contributed by atoms with E-state index in [9.17, 15) is 0 Å². The van der Waals surface area contributed by atoms with Crippen molar-refractivity contribution in [3.8, 4) is 0 Å². The zero-order valence-corrected chi connectivity index (χ0v) is 13.2.